The Balaban J connectivity index is 2.33. The third-order valence-corrected chi connectivity index (χ3v) is 3.69. The Hall–Kier alpha value is -1.65. The predicted octanol–water partition coefficient (Wildman–Crippen LogP) is 2.45. The molecule has 0 amide bonds. The molecule has 4 nitrogen and oxygen atoms in total. The molecule has 4 heteroatoms. The van der Waals surface area contributed by atoms with Crippen LogP contribution in [-0.2, 0) is 6.61 Å². The highest BCUT2D eigenvalue weighted by Gasteiger charge is 2.22. The molecule has 108 valence electrons. The van der Waals surface area contributed by atoms with Crippen LogP contribution in [0.3, 0.4) is 0 Å². The van der Waals surface area contributed by atoms with Gasteiger partial charge in [0.15, 0.2) is 0 Å². The first-order valence-electron chi connectivity index (χ1n) is 6.74. The Morgan fingerprint density at radius 1 is 1.25 bits per heavy atom. The third-order valence-electron chi connectivity index (χ3n) is 3.69. The number of fused-ring (bicyclic) bond motifs is 1. The molecule has 1 aromatic carbocycles. The summed E-state index contributed by atoms with van der Waals surface area (Å²) in [5.74, 6) is 0.585. The molecule has 0 aliphatic rings. The Morgan fingerprint density at radius 3 is 2.60 bits per heavy atom. The second-order valence-electron chi connectivity index (χ2n) is 5.79. The van der Waals surface area contributed by atoms with Gasteiger partial charge in [0.1, 0.15) is 6.61 Å². The zero-order valence-corrected chi connectivity index (χ0v) is 12.6. The van der Waals surface area contributed by atoms with Crippen molar-refractivity contribution in [2.45, 2.75) is 26.0 Å². The molecule has 0 saturated carbocycles. The Morgan fingerprint density at radius 2 is 1.95 bits per heavy atom. The number of benzene rings is 1. The van der Waals surface area contributed by atoms with Crippen molar-refractivity contribution in [3.05, 3.63) is 36.0 Å². The molecular formula is C16H22N2O2. The maximum Gasteiger partial charge on any atom is 0.221 e. The number of nitrogens with zero attached hydrogens (tertiary/aromatic N) is 2. The maximum atomic E-state index is 9.31. The number of pyridine rings is 1. The number of ether oxygens (including phenoxy) is 1. The van der Waals surface area contributed by atoms with Crippen molar-refractivity contribution >= 4 is 10.8 Å². The molecule has 1 aromatic heterocycles. The highest BCUT2D eigenvalue weighted by Crippen LogP contribution is 2.25. The smallest absolute Gasteiger partial charge is 0.221 e. The van der Waals surface area contributed by atoms with Crippen molar-refractivity contribution in [2.24, 2.45) is 0 Å². The summed E-state index contributed by atoms with van der Waals surface area (Å²) >= 11 is 0. The number of aliphatic hydroxyl groups excluding tert-OH is 1. The predicted molar refractivity (Wildman–Crippen MR) is 80.9 cm³/mol. The largest absolute Gasteiger partial charge is 0.475 e. The molecule has 0 spiro atoms. The molecule has 0 unspecified atom stereocenters. The fourth-order valence-corrected chi connectivity index (χ4v) is 1.79. The van der Waals surface area contributed by atoms with Gasteiger partial charge in [0.25, 0.3) is 0 Å². The van der Waals surface area contributed by atoms with Gasteiger partial charge < -0.3 is 14.7 Å². The van der Waals surface area contributed by atoms with Crippen LogP contribution in [0, 0.1) is 0 Å². The number of aromatic nitrogens is 1. The van der Waals surface area contributed by atoms with E-state index in [0.717, 1.165) is 10.8 Å². The van der Waals surface area contributed by atoms with Crippen molar-refractivity contribution in [3.63, 3.8) is 0 Å². The lowest BCUT2D eigenvalue weighted by molar-refractivity contribution is 0.112. The van der Waals surface area contributed by atoms with E-state index < -0.39 is 0 Å². The highest BCUT2D eigenvalue weighted by molar-refractivity contribution is 5.87. The van der Waals surface area contributed by atoms with Crippen molar-refractivity contribution in [1.29, 1.82) is 0 Å². The van der Waals surface area contributed by atoms with E-state index in [-0.39, 0.29) is 12.1 Å². The lowest BCUT2D eigenvalue weighted by atomic mass is 10.1. The molecule has 0 atom stereocenters. The number of rotatable bonds is 5. The van der Waals surface area contributed by atoms with Gasteiger partial charge >= 0.3 is 0 Å². The van der Waals surface area contributed by atoms with E-state index in [0.29, 0.717) is 18.2 Å². The van der Waals surface area contributed by atoms with Crippen LogP contribution >= 0.6 is 0 Å². The number of aliphatic hydroxyl groups is 1. The van der Waals surface area contributed by atoms with Crippen LogP contribution in [0.15, 0.2) is 30.3 Å². The first-order chi connectivity index (χ1) is 9.44. The van der Waals surface area contributed by atoms with Crippen LogP contribution in [0.25, 0.3) is 10.8 Å². The summed E-state index contributed by atoms with van der Waals surface area (Å²) in [5, 5.41) is 11.3. The normalized spacial score (nSPS) is 12.1. The van der Waals surface area contributed by atoms with E-state index in [1.165, 1.54) is 0 Å². The van der Waals surface area contributed by atoms with Gasteiger partial charge in [-0.3, -0.25) is 0 Å². The molecule has 1 N–H and O–H groups in total. The van der Waals surface area contributed by atoms with Gasteiger partial charge in [-0.25, -0.2) is 4.98 Å². The lowest BCUT2D eigenvalue weighted by Gasteiger charge is -2.32. The van der Waals surface area contributed by atoms with Gasteiger partial charge in [0.2, 0.25) is 5.88 Å². The molecule has 1 heterocycles. The van der Waals surface area contributed by atoms with Gasteiger partial charge in [-0.15, -0.1) is 0 Å². The number of hydrogen-bond acceptors (Lipinski definition) is 4. The monoisotopic (exact) mass is 274 g/mol. The van der Waals surface area contributed by atoms with Gasteiger partial charge in [-0.1, -0.05) is 18.2 Å². The van der Waals surface area contributed by atoms with Gasteiger partial charge in [-0.05, 0) is 45.5 Å². The van der Waals surface area contributed by atoms with Crippen LogP contribution in [0.4, 0.5) is 0 Å². The molecule has 0 aliphatic carbocycles. The Bertz CT molecular complexity index is 594. The van der Waals surface area contributed by atoms with Crippen LogP contribution < -0.4 is 4.74 Å². The summed E-state index contributed by atoms with van der Waals surface area (Å²) in [7, 11) is 4.05. The minimum Gasteiger partial charge on any atom is -0.475 e. The Labute approximate surface area is 120 Å². The maximum absolute atomic E-state index is 9.31. The van der Waals surface area contributed by atoms with E-state index in [2.05, 4.69) is 23.7 Å². The topological polar surface area (TPSA) is 45.6 Å². The summed E-state index contributed by atoms with van der Waals surface area (Å²) < 4.78 is 5.92. The average Bonchev–Trinajstić information content (AvgIpc) is 2.44. The van der Waals surface area contributed by atoms with Crippen molar-refractivity contribution in [3.8, 4) is 5.88 Å². The minimum atomic E-state index is -0.0853. The zero-order valence-electron chi connectivity index (χ0n) is 12.6. The van der Waals surface area contributed by atoms with Crippen molar-refractivity contribution < 1.29 is 9.84 Å². The molecule has 0 fully saturated rings. The molecule has 20 heavy (non-hydrogen) atoms. The van der Waals surface area contributed by atoms with E-state index in [1.807, 2.05) is 44.4 Å². The minimum absolute atomic E-state index is 0.0851. The summed E-state index contributed by atoms with van der Waals surface area (Å²) in [6, 6.07) is 9.81. The second-order valence-corrected chi connectivity index (χ2v) is 5.79. The van der Waals surface area contributed by atoms with Gasteiger partial charge in [0.05, 0.1) is 12.3 Å². The zero-order chi connectivity index (χ0) is 14.8. The summed E-state index contributed by atoms with van der Waals surface area (Å²) in [5.41, 5.74) is 0.541. The molecule has 0 bridgehead atoms. The first-order valence-corrected chi connectivity index (χ1v) is 6.74. The lowest BCUT2D eigenvalue weighted by Crippen LogP contribution is -2.43. The quantitative estimate of drug-likeness (QED) is 0.909. The second kappa shape index (κ2) is 5.77. The first kappa shape index (κ1) is 14.8. The van der Waals surface area contributed by atoms with Crippen LogP contribution in [0.2, 0.25) is 0 Å². The highest BCUT2D eigenvalue weighted by atomic mass is 16.5. The fraction of sp³-hybridized carbons (Fsp3) is 0.438. The van der Waals surface area contributed by atoms with Crippen LogP contribution in [0.5, 0.6) is 5.88 Å². The SMILES string of the molecule is CN(C)C(C)(C)COc1nc(CO)cc2ccccc12. The molecule has 2 rings (SSSR count). The van der Waals surface area contributed by atoms with E-state index in [9.17, 15) is 5.11 Å². The molecule has 0 aliphatic heterocycles. The van der Waals surface area contributed by atoms with E-state index in [1.54, 1.807) is 0 Å². The average molecular weight is 274 g/mol. The fourth-order valence-electron chi connectivity index (χ4n) is 1.79. The van der Waals surface area contributed by atoms with Gasteiger partial charge in [-0.2, -0.15) is 0 Å². The Kier molecular flexibility index (Phi) is 4.26. The molecule has 0 saturated heterocycles. The summed E-state index contributed by atoms with van der Waals surface area (Å²) in [4.78, 5) is 6.51. The van der Waals surface area contributed by atoms with E-state index >= 15 is 0 Å². The van der Waals surface area contributed by atoms with Crippen LogP contribution in [-0.4, -0.2) is 41.2 Å². The van der Waals surface area contributed by atoms with Crippen molar-refractivity contribution in [2.75, 3.05) is 20.7 Å². The number of hydrogen-bond donors (Lipinski definition) is 1. The third kappa shape index (κ3) is 3.08. The van der Waals surface area contributed by atoms with E-state index in [4.69, 9.17) is 4.74 Å². The molecule has 0 radical (unpaired) electrons. The standard InChI is InChI=1S/C16H22N2O2/c1-16(2,18(3)4)11-20-15-14-8-6-5-7-12(14)9-13(10-19)17-15/h5-9,19H,10-11H2,1-4H3. The number of likely N-dealkylation sites (N-methyl/N-ethyl adjacent to an activating group) is 1. The van der Waals surface area contributed by atoms with Crippen molar-refractivity contribution in [1.82, 2.24) is 9.88 Å². The molecule has 2 aromatic rings. The van der Waals surface area contributed by atoms with Gasteiger partial charge in [0, 0.05) is 10.9 Å². The summed E-state index contributed by atoms with van der Waals surface area (Å²) in [6.45, 7) is 4.68. The molecular weight excluding hydrogens is 252 g/mol. The summed E-state index contributed by atoms with van der Waals surface area (Å²) in [6.07, 6.45) is 0. The van der Waals surface area contributed by atoms with Crippen LogP contribution in [0.1, 0.15) is 19.5 Å².